The van der Waals surface area contributed by atoms with Crippen LogP contribution in [0.1, 0.15) is 9.75 Å². The third-order valence-corrected chi connectivity index (χ3v) is 3.40. The predicted molar refractivity (Wildman–Crippen MR) is 43.8 cm³/mol. The Morgan fingerprint density at radius 3 is 1.44 bits per heavy atom. The molecule has 0 aromatic carbocycles. The maximum atomic E-state index is 5.78. The highest BCUT2D eigenvalue weighted by atomic mass is 35.5. The van der Waals surface area contributed by atoms with Crippen molar-refractivity contribution in [2.75, 3.05) is 0 Å². The van der Waals surface area contributed by atoms with Crippen molar-refractivity contribution in [3.05, 3.63) is 19.8 Å². The Kier molecular flexibility index (Phi) is 2.04. The summed E-state index contributed by atoms with van der Waals surface area (Å²) in [6, 6.07) is 0. The monoisotopic (exact) mass is 180 g/mol. The van der Waals surface area contributed by atoms with Gasteiger partial charge in [-0.05, 0) is 13.8 Å². The summed E-state index contributed by atoms with van der Waals surface area (Å²) >= 11 is 13.2. The Balaban J connectivity index is 3.29. The summed E-state index contributed by atoms with van der Waals surface area (Å²) < 4.78 is 0. The molecule has 0 aliphatic rings. The maximum Gasteiger partial charge on any atom is 0.0731 e. The summed E-state index contributed by atoms with van der Waals surface area (Å²) in [6.45, 7) is 3.93. The van der Waals surface area contributed by atoms with Crippen LogP contribution in [0.3, 0.4) is 0 Å². The third-order valence-electron chi connectivity index (χ3n) is 1.12. The van der Waals surface area contributed by atoms with Crippen LogP contribution in [0, 0.1) is 13.8 Å². The lowest BCUT2D eigenvalue weighted by Crippen LogP contribution is -1.59. The molecule has 0 aliphatic heterocycles. The summed E-state index contributed by atoms with van der Waals surface area (Å²) in [5, 5.41) is 1.42. The molecule has 0 fully saturated rings. The second-order valence-electron chi connectivity index (χ2n) is 1.84. The zero-order valence-electron chi connectivity index (χ0n) is 5.16. The second kappa shape index (κ2) is 2.49. The molecule has 9 heavy (non-hydrogen) atoms. The fourth-order valence-corrected chi connectivity index (χ4v) is 2.10. The van der Waals surface area contributed by atoms with Gasteiger partial charge in [0.15, 0.2) is 0 Å². The smallest absolute Gasteiger partial charge is 0.0731 e. The van der Waals surface area contributed by atoms with Crippen LogP contribution >= 0.6 is 34.5 Å². The average Bonchev–Trinajstić information content (AvgIpc) is 1.98. The van der Waals surface area contributed by atoms with Gasteiger partial charge in [-0.1, -0.05) is 23.2 Å². The lowest BCUT2D eigenvalue weighted by molar-refractivity contribution is 1.61. The Hall–Kier alpha value is 0.280. The standard InChI is InChI=1S/C6H6Cl2S/c1-3-5(7)6(8)4(2)9-3/h1-2H3. The topological polar surface area (TPSA) is 0 Å². The second-order valence-corrected chi connectivity index (χ2v) is 4.03. The lowest BCUT2D eigenvalue weighted by atomic mass is 10.4. The van der Waals surface area contributed by atoms with Gasteiger partial charge in [-0.15, -0.1) is 11.3 Å². The van der Waals surface area contributed by atoms with Gasteiger partial charge in [0.25, 0.3) is 0 Å². The van der Waals surface area contributed by atoms with E-state index in [9.17, 15) is 0 Å². The van der Waals surface area contributed by atoms with E-state index in [1.54, 1.807) is 11.3 Å². The Morgan fingerprint density at radius 2 is 1.33 bits per heavy atom. The summed E-state index contributed by atoms with van der Waals surface area (Å²) in [7, 11) is 0. The fourth-order valence-electron chi connectivity index (χ4n) is 0.628. The number of aryl methyl sites for hydroxylation is 2. The van der Waals surface area contributed by atoms with Gasteiger partial charge in [-0.3, -0.25) is 0 Å². The summed E-state index contributed by atoms with van der Waals surface area (Å²) in [5.41, 5.74) is 0. The van der Waals surface area contributed by atoms with Crippen molar-refractivity contribution in [1.82, 2.24) is 0 Å². The number of hydrogen-bond donors (Lipinski definition) is 0. The Bertz CT molecular complexity index is 205. The van der Waals surface area contributed by atoms with Crippen molar-refractivity contribution in [3.8, 4) is 0 Å². The van der Waals surface area contributed by atoms with Crippen molar-refractivity contribution >= 4 is 34.5 Å². The van der Waals surface area contributed by atoms with Gasteiger partial charge in [0, 0.05) is 9.75 Å². The van der Waals surface area contributed by atoms with E-state index in [2.05, 4.69) is 0 Å². The molecule has 0 unspecified atom stereocenters. The van der Waals surface area contributed by atoms with E-state index in [4.69, 9.17) is 23.2 Å². The van der Waals surface area contributed by atoms with E-state index < -0.39 is 0 Å². The predicted octanol–water partition coefficient (Wildman–Crippen LogP) is 3.67. The van der Waals surface area contributed by atoms with E-state index in [1.807, 2.05) is 13.8 Å². The van der Waals surface area contributed by atoms with Gasteiger partial charge in [0.1, 0.15) is 0 Å². The molecule has 1 rings (SSSR count). The molecule has 0 saturated heterocycles. The van der Waals surface area contributed by atoms with Crippen LogP contribution in [0.25, 0.3) is 0 Å². The molecule has 0 saturated carbocycles. The van der Waals surface area contributed by atoms with Crippen LogP contribution in [0.5, 0.6) is 0 Å². The van der Waals surface area contributed by atoms with E-state index >= 15 is 0 Å². The zero-order chi connectivity index (χ0) is 7.02. The molecule has 1 aromatic heterocycles. The number of rotatable bonds is 0. The van der Waals surface area contributed by atoms with Crippen LogP contribution < -0.4 is 0 Å². The van der Waals surface area contributed by atoms with E-state index in [0.29, 0.717) is 10.0 Å². The van der Waals surface area contributed by atoms with Crippen LogP contribution in [-0.4, -0.2) is 0 Å². The van der Waals surface area contributed by atoms with Crippen molar-refractivity contribution in [3.63, 3.8) is 0 Å². The average molecular weight is 181 g/mol. The molecule has 0 spiro atoms. The van der Waals surface area contributed by atoms with Gasteiger partial charge < -0.3 is 0 Å². The highest BCUT2D eigenvalue weighted by Gasteiger charge is 2.06. The molecular weight excluding hydrogens is 175 g/mol. The lowest BCUT2D eigenvalue weighted by Gasteiger charge is -1.83. The molecule has 0 radical (unpaired) electrons. The molecule has 0 atom stereocenters. The molecule has 0 bridgehead atoms. The van der Waals surface area contributed by atoms with Crippen molar-refractivity contribution in [2.45, 2.75) is 13.8 Å². The van der Waals surface area contributed by atoms with Crippen LogP contribution in [0.15, 0.2) is 0 Å². The van der Waals surface area contributed by atoms with Gasteiger partial charge in [0.05, 0.1) is 10.0 Å². The number of hydrogen-bond acceptors (Lipinski definition) is 1. The molecular formula is C6H6Cl2S. The first-order chi connectivity index (χ1) is 4.13. The third kappa shape index (κ3) is 1.23. The van der Waals surface area contributed by atoms with Crippen LogP contribution in [0.2, 0.25) is 10.0 Å². The van der Waals surface area contributed by atoms with E-state index in [1.165, 1.54) is 0 Å². The molecule has 50 valence electrons. The Labute approximate surface area is 68.4 Å². The van der Waals surface area contributed by atoms with Gasteiger partial charge in [-0.25, -0.2) is 0 Å². The molecule has 1 heterocycles. The maximum absolute atomic E-state index is 5.78. The minimum Gasteiger partial charge on any atom is -0.143 e. The van der Waals surface area contributed by atoms with Crippen molar-refractivity contribution < 1.29 is 0 Å². The zero-order valence-corrected chi connectivity index (χ0v) is 7.49. The number of halogens is 2. The largest absolute Gasteiger partial charge is 0.143 e. The molecule has 1 aromatic rings. The summed E-state index contributed by atoms with van der Waals surface area (Å²) in [5.74, 6) is 0. The quantitative estimate of drug-likeness (QED) is 0.572. The van der Waals surface area contributed by atoms with E-state index in [0.717, 1.165) is 9.75 Å². The minimum atomic E-state index is 0.708. The first-order valence-electron chi connectivity index (χ1n) is 2.54. The summed E-state index contributed by atoms with van der Waals surface area (Å²) in [4.78, 5) is 2.19. The first kappa shape index (κ1) is 7.39. The molecule has 0 N–H and O–H groups in total. The van der Waals surface area contributed by atoms with Crippen molar-refractivity contribution in [1.29, 1.82) is 0 Å². The highest BCUT2D eigenvalue weighted by Crippen LogP contribution is 2.35. The van der Waals surface area contributed by atoms with Gasteiger partial charge in [0.2, 0.25) is 0 Å². The van der Waals surface area contributed by atoms with Gasteiger partial charge >= 0.3 is 0 Å². The van der Waals surface area contributed by atoms with Gasteiger partial charge in [-0.2, -0.15) is 0 Å². The molecule has 0 amide bonds. The Morgan fingerprint density at radius 1 is 1.00 bits per heavy atom. The highest BCUT2D eigenvalue weighted by molar-refractivity contribution is 7.13. The van der Waals surface area contributed by atoms with Crippen LogP contribution in [0.4, 0.5) is 0 Å². The first-order valence-corrected chi connectivity index (χ1v) is 4.11. The molecule has 3 heteroatoms. The minimum absolute atomic E-state index is 0.708. The molecule has 0 aliphatic carbocycles. The van der Waals surface area contributed by atoms with Crippen molar-refractivity contribution in [2.24, 2.45) is 0 Å². The molecule has 0 nitrogen and oxygen atoms in total. The summed E-state index contributed by atoms with van der Waals surface area (Å²) in [6.07, 6.45) is 0. The van der Waals surface area contributed by atoms with Crippen LogP contribution in [-0.2, 0) is 0 Å². The normalized spacial score (nSPS) is 10.2. The fraction of sp³-hybridized carbons (Fsp3) is 0.333. The number of thiophene rings is 1. The SMILES string of the molecule is Cc1sc(C)c(Cl)c1Cl. The van der Waals surface area contributed by atoms with E-state index in [-0.39, 0.29) is 0 Å².